The number of halogens is 4. The molecule has 7 heteroatoms. The van der Waals surface area contributed by atoms with Crippen molar-refractivity contribution in [3.05, 3.63) is 0 Å². The van der Waals surface area contributed by atoms with Crippen molar-refractivity contribution < 1.29 is 4.79 Å². The number of nitrogens with zero attached hydrogens (tertiary/aromatic N) is 1. The van der Waals surface area contributed by atoms with Crippen molar-refractivity contribution in [2.45, 2.75) is 20.6 Å². The fraction of sp³-hybridized carbons (Fsp3) is 0.800. The molecule has 0 aromatic heterocycles. The number of hydrogen-bond acceptors (Lipinski definition) is 2. The molecule has 0 saturated carbocycles. The Bertz CT molecular complexity index is 188. The molecule has 12 heavy (non-hydrogen) atoms. The number of nitrogens with two attached hydrogens (primary N) is 1. The third kappa shape index (κ3) is 1.89. The Balaban J connectivity index is 2.83. The van der Waals surface area contributed by atoms with Crippen LogP contribution < -0.4 is 5.73 Å². The van der Waals surface area contributed by atoms with Gasteiger partial charge in [-0.25, -0.2) is 3.93 Å². The van der Waals surface area contributed by atoms with Crippen LogP contribution in [0.2, 0.25) is 0 Å². The van der Waals surface area contributed by atoms with Gasteiger partial charge in [0.1, 0.15) is 6.04 Å². The number of amides is 1. The fourth-order valence-corrected chi connectivity index (χ4v) is 4.72. The molecular weight excluding hydrogens is 424 g/mol. The van der Waals surface area contributed by atoms with Gasteiger partial charge in [-0.1, -0.05) is 47.8 Å². The van der Waals surface area contributed by atoms with Gasteiger partial charge >= 0.3 is 0 Å². The van der Waals surface area contributed by atoms with Gasteiger partial charge in [0.2, 0.25) is 5.91 Å². The van der Waals surface area contributed by atoms with Crippen molar-refractivity contribution in [1.29, 1.82) is 0 Å². The van der Waals surface area contributed by atoms with Gasteiger partial charge in [-0.05, 0) is 0 Å². The Kier molecular flexibility index (Phi) is 4.05. The SMILES string of the molecule is NC(=O)C1C(Br)C(Br)C(Br)N1Br. The van der Waals surface area contributed by atoms with E-state index in [2.05, 4.69) is 63.9 Å². The Morgan fingerprint density at radius 3 is 1.92 bits per heavy atom. The first kappa shape index (κ1) is 11.4. The van der Waals surface area contributed by atoms with Crippen LogP contribution in [0.4, 0.5) is 0 Å². The zero-order valence-electron chi connectivity index (χ0n) is 5.75. The summed E-state index contributed by atoms with van der Waals surface area (Å²) in [6, 6.07) is -0.334. The van der Waals surface area contributed by atoms with Crippen molar-refractivity contribution in [3.8, 4) is 0 Å². The van der Waals surface area contributed by atoms with Crippen LogP contribution in [0, 0.1) is 0 Å². The quantitative estimate of drug-likeness (QED) is 0.392. The van der Waals surface area contributed by atoms with Crippen molar-refractivity contribution in [2.24, 2.45) is 5.73 Å². The van der Waals surface area contributed by atoms with Gasteiger partial charge in [-0.2, -0.15) is 0 Å². The average molecular weight is 430 g/mol. The van der Waals surface area contributed by atoms with E-state index in [1.54, 1.807) is 3.93 Å². The molecule has 1 aliphatic rings. The Hall–Kier alpha value is 1.35. The predicted molar refractivity (Wildman–Crippen MR) is 61.9 cm³/mol. The number of carbonyl (C=O) groups is 1. The second-order valence-electron chi connectivity index (χ2n) is 2.45. The zero-order valence-corrected chi connectivity index (χ0v) is 12.1. The third-order valence-electron chi connectivity index (χ3n) is 1.66. The van der Waals surface area contributed by atoms with Crippen molar-refractivity contribution >= 4 is 69.8 Å². The summed E-state index contributed by atoms with van der Waals surface area (Å²) < 4.78 is 1.72. The van der Waals surface area contributed by atoms with E-state index >= 15 is 0 Å². The van der Waals surface area contributed by atoms with E-state index in [1.807, 2.05) is 0 Å². The van der Waals surface area contributed by atoms with Crippen LogP contribution in [0.3, 0.4) is 0 Å². The third-order valence-corrected chi connectivity index (χ3v) is 7.66. The van der Waals surface area contributed by atoms with Crippen LogP contribution in [-0.2, 0) is 4.79 Å². The molecule has 0 aromatic rings. The van der Waals surface area contributed by atoms with Gasteiger partial charge in [0.15, 0.2) is 0 Å². The lowest BCUT2D eigenvalue weighted by Crippen LogP contribution is -2.40. The van der Waals surface area contributed by atoms with Gasteiger partial charge in [0.05, 0.1) is 14.6 Å². The second-order valence-corrected chi connectivity index (χ2v) is 6.32. The van der Waals surface area contributed by atoms with Crippen LogP contribution in [-0.4, -0.2) is 30.5 Å². The second kappa shape index (κ2) is 4.25. The normalized spacial score (nSPS) is 43.3. The lowest BCUT2D eigenvalue weighted by molar-refractivity contribution is -0.120. The van der Waals surface area contributed by atoms with E-state index in [4.69, 9.17) is 5.73 Å². The lowest BCUT2D eigenvalue weighted by Gasteiger charge is -2.17. The maximum Gasteiger partial charge on any atom is 0.236 e. The molecule has 0 aromatic carbocycles. The number of primary amides is 1. The first-order chi connectivity index (χ1) is 5.46. The van der Waals surface area contributed by atoms with Crippen LogP contribution in [0.1, 0.15) is 0 Å². The minimum atomic E-state index is -0.347. The van der Waals surface area contributed by atoms with E-state index in [0.717, 1.165) is 0 Å². The van der Waals surface area contributed by atoms with E-state index in [1.165, 1.54) is 0 Å². The molecule has 1 amide bonds. The lowest BCUT2D eigenvalue weighted by atomic mass is 10.2. The van der Waals surface area contributed by atoms with Gasteiger partial charge in [-0.3, -0.25) is 4.79 Å². The number of rotatable bonds is 1. The first-order valence-electron chi connectivity index (χ1n) is 3.12. The topological polar surface area (TPSA) is 46.3 Å². The van der Waals surface area contributed by atoms with E-state index in [-0.39, 0.29) is 26.6 Å². The molecule has 1 rings (SSSR count). The van der Waals surface area contributed by atoms with Gasteiger partial charge < -0.3 is 5.73 Å². The Morgan fingerprint density at radius 2 is 1.75 bits per heavy atom. The number of hydrogen-bond donors (Lipinski definition) is 1. The van der Waals surface area contributed by atoms with Crippen LogP contribution in [0.25, 0.3) is 0 Å². The van der Waals surface area contributed by atoms with Gasteiger partial charge in [0, 0.05) is 16.1 Å². The fourth-order valence-electron chi connectivity index (χ4n) is 1.03. The van der Waals surface area contributed by atoms with E-state index in [0.29, 0.717) is 0 Å². The summed E-state index contributed by atoms with van der Waals surface area (Å²) in [6.07, 6.45) is 0. The largest absolute Gasteiger partial charge is 0.368 e. The summed E-state index contributed by atoms with van der Waals surface area (Å²) in [5.41, 5.74) is 5.22. The molecule has 0 bridgehead atoms. The molecule has 4 unspecified atom stereocenters. The summed E-state index contributed by atoms with van der Waals surface area (Å²) in [7, 11) is 0. The smallest absolute Gasteiger partial charge is 0.236 e. The molecule has 2 N–H and O–H groups in total. The molecule has 1 saturated heterocycles. The van der Waals surface area contributed by atoms with Crippen molar-refractivity contribution in [3.63, 3.8) is 0 Å². The van der Waals surface area contributed by atoms with Crippen molar-refractivity contribution in [2.75, 3.05) is 0 Å². The van der Waals surface area contributed by atoms with Crippen molar-refractivity contribution in [1.82, 2.24) is 3.93 Å². The summed E-state index contributed by atoms with van der Waals surface area (Å²) in [5.74, 6) is -0.347. The molecule has 1 heterocycles. The highest BCUT2D eigenvalue weighted by Crippen LogP contribution is 2.39. The Morgan fingerprint density at radius 1 is 1.25 bits per heavy atom. The molecular formula is C5H6Br4N2O. The van der Waals surface area contributed by atoms with E-state index in [9.17, 15) is 4.79 Å². The maximum absolute atomic E-state index is 11.0. The van der Waals surface area contributed by atoms with Gasteiger partial charge in [-0.15, -0.1) is 0 Å². The van der Waals surface area contributed by atoms with Gasteiger partial charge in [0.25, 0.3) is 0 Å². The first-order valence-corrected chi connectivity index (χ1v) is 6.58. The average Bonchev–Trinajstić information content (AvgIpc) is 2.16. The molecule has 1 fully saturated rings. The summed E-state index contributed by atoms with van der Waals surface area (Å²) >= 11 is 13.5. The van der Waals surface area contributed by atoms with Crippen LogP contribution >= 0.6 is 63.9 Å². The summed E-state index contributed by atoms with van der Waals surface area (Å²) in [4.78, 5) is 11.2. The minimum Gasteiger partial charge on any atom is -0.368 e. The monoisotopic (exact) mass is 426 g/mol. The van der Waals surface area contributed by atoms with Crippen LogP contribution in [0.5, 0.6) is 0 Å². The standard InChI is InChI=1S/C5H6Br4N2O/c6-1-2(7)4(8)11(9)3(1)5(10)12/h1-4H,(H2,10,12). The number of alkyl halides is 3. The molecule has 0 aliphatic carbocycles. The minimum absolute atomic E-state index is 0.0127. The highest BCUT2D eigenvalue weighted by molar-refractivity contribution is 9.14. The maximum atomic E-state index is 11.0. The molecule has 1 aliphatic heterocycles. The summed E-state index contributed by atoms with van der Waals surface area (Å²) in [5, 5.41) is 0. The number of carbonyl (C=O) groups excluding carboxylic acids is 1. The predicted octanol–water partition coefficient (Wildman–Crippen LogP) is 1.71. The molecule has 0 spiro atoms. The highest BCUT2D eigenvalue weighted by atomic mass is 79.9. The highest BCUT2D eigenvalue weighted by Gasteiger charge is 2.47. The summed E-state index contributed by atoms with van der Waals surface area (Å²) in [6.45, 7) is 0. The molecule has 0 radical (unpaired) electrons. The molecule has 3 nitrogen and oxygen atoms in total. The molecule has 4 atom stereocenters. The molecule has 70 valence electrons. The van der Waals surface area contributed by atoms with E-state index < -0.39 is 0 Å². The zero-order chi connectivity index (χ0) is 9.46. The van der Waals surface area contributed by atoms with Crippen LogP contribution in [0.15, 0.2) is 0 Å². The Labute approximate surface area is 104 Å².